The molecule has 0 unspecified atom stereocenters. The van der Waals surface area contributed by atoms with E-state index in [1.54, 1.807) is 16.2 Å². The van der Waals surface area contributed by atoms with Crippen molar-refractivity contribution in [3.63, 3.8) is 0 Å². The van der Waals surface area contributed by atoms with Crippen LogP contribution in [0, 0.1) is 0 Å². The molecule has 1 aromatic carbocycles. The summed E-state index contributed by atoms with van der Waals surface area (Å²) in [7, 11) is 0. The summed E-state index contributed by atoms with van der Waals surface area (Å²) in [5, 5.41) is 3.35. The molecular formula is C25H29N5O3S. The van der Waals surface area contributed by atoms with Crippen LogP contribution >= 0.6 is 11.3 Å². The summed E-state index contributed by atoms with van der Waals surface area (Å²) in [5.41, 5.74) is 2.21. The standard InChI is InChI=1S/C25H29N5O3S/c31-21(16-30-17-27-24-23(25(30)33)19-8-4-5-9-20(19)34-24)26-14-22(32)29-12-10-28(11-13-29)15-18-6-2-1-3-7-18/h1-3,6-7,17H,4-5,8-16H2,(H,26,31). The number of nitrogens with zero attached hydrogens (tertiary/aromatic N) is 4. The smallest absolute Gasteiger partial charge is 0.262 e. The Morgan fingerprint density at radius 3 is 2.59 bits per heavy atom. The van der Waals surface area contributed by atoms with Gasteiger partial charge in [-0.1, -0.05) is 30.3 Å². The van der Waals surface area contributed by atoms with Crippen molar-refractivity contribution in [1.29, 1.82) is 0 Å². The quantitative estimate of drug-likeness (QED) is 0.583. The van der Waals surface area contributed by atoms with Gasteiger partial charge in [0.05, 0.1) is 18.3 Å². The van der Waals surface area contributed by atoms with Gasteiger partial charge in [0, 0.05) is 37.6 Å². The van der Waals surface area contributed by atoms with E-state index in [1.165, 1.54) is 21.3 Å². The topological polar surface area (TPSA) is 87.5 Å². The molecule has 1 N–H and O–H groups in total. The van der Waals surface area contributed by atoms with Crippen molar-refractivity contribution in [1.82, 2.24) is 24.7 Å². The van der Waals surface area contributed by atoms with E-state index in [1.807, 2.05) is 18.2 Å². The first-order valence-electron chi connectivity index (χ1n) is 11.9. The highest BCUT2D eigenvalue weighted by Crippen LogP contribution is 2.33. The number of fused-ring (bicyclic) bond motifs is 3. The van der Waals surface area contributed by atoms with Gasteiger partial charge in [0.1, 0.15) is 11.4 Å². The number of aryl methyl sites for hydroxylation is 2. The second kappa shape index (κ2) is 10.1. The number of piperazine rings is 1. The normalized spacial score (nSPS) is 16.4. The van der Waals surface area contributed by atoms with Crippen molar-refractivity contribution in [2.75, 3.05) is 32.7 Å². The molecule has 8 nitrogen and oxygen atoms in total. The van der Waals surface area contributed by atoms with Crippen molar-refractivity contribution < 1.29 is 9.59 Å². The van der Waals surface area contributed by atoms with E-state index >= 15 is 0 Å². The molecule has 0 saturated carbocycles. The molecule has 178 valence electrons. The maximum atomic E-state index is 13.0. The number of hydrogen-bond donors (Lipinski definition) is 1. The van der Waals surface area contributed by atoms with E-state index in [0.717, 1.165) is 55.7 Å². The summed E-state index contributed by atoms with van der Waals surface area (Å²) in [6.45, 7) is 3.58. The average molecular weight is 480 g/mol. The number of carbonyl (C=O) groups is 2. The highest BCUT2D eigenvalue weighted by atomic mass is 32.1. The summed E-state index contributed by atoms with van der Waals surface area (Å²) < 4.78 is 1.35. The zero-order valence-corrected chi connectivity index (χ0v) is 20.0. The van der Waals surface area contributed by atoms with Gasteiger partial charge in [0.2, 0.25) is 11.8 Å². The molecule has 1 fully saturated rings. The highest BCUT2D eigenvalue weighted by Gasteiger charge is 2.23. The van der Waals surface area contributed by atoms with Gasteiger partial charge in [-0.25, -0.2) is 4.98 Å². The minimum Gasteiger partial charge on any atom is -0.345 e. The van der Waals surface area contributed by atoms with Crippen molar-refractivity contribution in [3.8, 4) is 0 Å². The number of benzene rings is 1. The van der Waals surface area contributed by atoms with Gasteiger partial charge < -0.3 is 10.2 Å². The summed E-state index contributed by atoms with van der Waals surface area (Å²) >= 11 is 1.59. The van der Waals surface area contributed by atoms with E-state index in [2.05, 4.69) is 27.3 Å². The fraction of sp³-hybridized carbons (Fsp3) is 0.440. The molecule has 9 heteroatoms. The van der Waals surface area contributed by atoms with Crippen LogP contribution in [0.5, 0.6) is 0 Å². The number of rotatable bonds is 6. The number of hydrogen-bond acceptors (Lipinski definition) is 6. The van der Waals surface area contributed by atoms with E-state index in [0.29, 0.717) is 18.5 Å². The largest absolute Gasteiger partial charge is 0.345 e. The first-order valence-corrected chi connectivity index (χ1v) is 12.7. The summed E-state index contributed by atoms with van der Waals surface area (Å²) in [5.74, 6) is -0.455. The van der Waals surface area contributed by atoms with Crippen LogP contribution in [0.4, 0.5) is 0 Å². The average Bonchev–Trinajstić information content (AvgIpc) is 3.25. The van der Waals surface area contributed by atoms with Gasteiger partial charge in [-0.05, 0) is 36.8 Å². The van der Waals surface area contributed by atoms with Gasteiger partial charge in [0.15, 0.2) is 0 Å². The molecule has 3 aromatic rings. The van der Waals surface area contributed by atoms with E-state index < -0.39 is 0 Å². The van der Waals surface area contributed by atoms with E-state index in [9.17, 15) is 14.4 Å². The predicted molar refractivity (Wildman–Crippen MR) is 132 cm³/mol. The molecule has 2 amide bonds. The van der Waals surface area contributed by atoms with Crippen LogP contribution in [0.25, 0.3) is 10.2 Å². The van der Waals surface area contributed by atoms with Crippen LogP contribution in [-0.4, -0.2) is 63.9 Å². The second-order valence-corrected chi connectivity index (χ2v) is 10.1. The second-order valence-electron chi connectivity index (χ2n) is 8.99. The maximum absolute atomic E-state index is 13.0. The predicted octanol–water partition coefficient (Wildman–Crippen LogP) is 1.80. The third-order valence-electron chi connectivity index (χ3n) is 6.67. The highest BCUT2D eigenvalue weighted by molar-refractivity contribution is 7.18. The lowest BCUT2D eigenvalue weighted by atomic mass is 9.97. The van der Waals surface area contributed by atoms with Crippen LogP contribution in [0.1, 0.15) is 28.8 Å². The first-order chi connectivity index (χ1) is 16.6. The molecule has 34 heavy (non-hydrogen) atoms. The van der Waals surface area contributed by atoms with Crippen LogP contribution in [-0.2, 0) is 35.5 Å². The molecule has 3 heterocycles. The van der Waals surface area contributed by atoms with Gasteiger partial charge in [0.25, 0.3) is 5.56 Å². The summed E-state index contributed by atoms with van der Waals surface area (Å²) in [4.78, 5) is 48.7. The van der Waals surface area contributed by atoms with Gasteiger partial charge in [-0.2, -0.15) is 0 Å². The molecule has 0 bridgehead atoms. The van der Waals surface area contributed by atoms with Crippen molar-refractivity contribution in [2.45, 2.75) is 38.8 Å². The first kappa shape index (κ1) is 22.7. The van der Waals surface area contributed by atoms with Crippen LogP contribution < -0.4 is 10.9 Å². The molecule has 5 rings (SSSR count). The number of nitrogens with one attached hydrogen (secondary N) is 1. The third kappa shape index (κ3) is 4.90. The SMILES string of the molecule is O=C(Cn1cnc2sc3c(c2c1=O)CCCC3)NCC(=O)N1CCN(Cc2ccccc2)CC1. The lowest BCUT2D eigenvalue weighted by Gasteiger charge is -2.34. The number of thiophene rings is 1. The Bertz CT molecular complexity index is 1240. The Morgan fingerprint density at radius 2 is 1.79 bits per heavy atom. The Balaban J connectivity index is 1.12. The lowest BCUT2D eigenvalue weighted by Crippen LogP contribution is -2.51. The number of aromatic nitrogens is 2. The Hall–Kier alpha value is -3.04. The zero-order valence-electron chi connectivity index (χ0n) is 19.2. The van der Waals surface area contributed by atoms with Crippen molar-refractivity contribution >= 4 is 33.4 Å². The molecular weight excluding hydrogens is 450 g/mol. The molecule has 2 aliphatic rings. The zero-order chi connectivity index (χ0) is 23.5. The summed E-state index contributed by atoms with van der Waals surface area (Å²) in [6.07, 6.45) is 5.57. The van der Waals surface area contributed by atoms with Crippen LogP contribution in [0.2, 0.25) is 0 Å². The molecule has 1 saturated heterocycles. The van der Waals surface area contributed by atoms with Gasteiger partial charge in [-0.3, -0.25) is 23.9 Å². The van der Waals surface area contributed by atoms with Crippen molar-refractivity contribution in [2.24, 2.45) is 0 Å². The molecule has 0 atom stereocenters. The fourth-order valence-corrected chi connectivity index (χ4v) is 6.01. The minimum atomic E-state index is -0.358. The third-order valence-corrected chi connectivity index (χ3v) is 7.87. The van der Waals surface area contributed by atoms with E-state index in [4.69, 9.17) is 0 Å². The molecule has 1 aliphatic heterocycles. The fourth-order valence-electron chi connectivity index (χ4n) is 4.79. The minimum absolute atomic E-state index is 0.0597. The Labute approximate surface area is 202 Å². The van der Waals surface area contributed by atoms with Crippen molar-refractivity contribution in [3.05, 3.63) is 63.0 Å². The monoisotopic (exact) mass is 479 g/mol. The summed E-state index contributed by atoms with van der Waals surface area (Å²) in [6, 6.07) is 10.3. The number of amides is 2. The molecule has 0 spiro atoms. The lowest BCUT2D eigenvalue weighted by molar-refractivity contribution is -0.134. The Kier molecular flexibility index (Phi) is 6.73. The van der Waals surface area contributed by atoms with Crippen LogP contribution in [0.3, 0.4) is 0 Å². The molecule has 2 aromatic heterocycles. The molecule has 0 radical (unpaired) electrons. The number of carbonyl (C=O) groups excluding carboxylic acids is 2. The van der Waals surface area contributed by atoms with E-state index in [-0.39, 0.29) is 30.5 Å². The van der Waals surface area contributed by atoms with Crippen LogP contribution in [0.15, 0.2) is 41.5 Å². The van der Waals surface area contributed by atoms with Gasteiger partial charge >= 0.3 is 0 Å². The van der Waals surface area contributed by atoms with Gasteiger partial charge in [-0.15, -0.1) is 11.3 Å². The maximum Gasteiger partial charge on any atom is 0.262 e. The Morgan fingerprint density at radius 1 is 1.03 bits per heavy atom. The molecule has 1 aliphatic carbocycles.